The zero-order valence-electron chi connectivity index (χ0n) is 7.96. The van der Waals surface area contributed by atoms with Gasteiger partial charge in [-0.25, -0.2) is 4.98 Å². The van der Waals surface area contributed by atoms with Crippen molar-refractivity contribution in [2.24, 2.45) is 0 Å². The van der Waals surface area contributed by atoms with Crippen LogP contribution in [0.1, 0.15) is 0 Å². The number of nitrogens with one attached hydrogen (secondary N) is 1. The van der Waals surface area contributed by atoms with Crippen LogP contribution in [0.3, 0.4) is 0 Å². The molecule has 0 aliphatic carbocycles. The molecule has 0 saturated carbocycles. The highest BCUT2D eigenvalue weighted by Gasteiger charge is 2.00. The monoisotopic (exact) mass is 304 g/mol. The lowest BCUT2D eigenvalue weighted by Crippen LogP contribution is -2.06. The summed E-state index contributed by atoms with van der Waals surface area (Å²) in [7, 11) is 0. The number of rotatable bonds is 5. The summed E-state index contributed by atoms with van der Waals surface area (Å²) in [6, 6.07) is 1.81. The Kier molecular flexibility index (Phi) is 5.92. The van der Waals surface area contributed by atoms with Gasteiger partial charge in [-0.15, -0.1) is 18.2 Å². The lowest BCUT2D eigenvalue weighted by atomic mass is 10.4. The van der Waals surface area contributed by atoms with E-state index < -0.39 is 0 Å². The third kappa shape index (κ3) is 4.78. The van der Waals surface area contributed by atoms with Crippen LogP contribution < -0.4 is 5.32 Å². The van der Waals surface area contributed by atoms with Gasteiger partial charge >= 0.3 is 0 Å². The second kappa shape index (κ2) is 7.00. The van der Waals surface area contributed by atoms with Gasteiger partial charge in [0.2, 0.25) is 0 Å². The number of halogens is 2. The van der Waals surface area contributed by atoms with E-state index in [1.807, 2.05) is 6.07 Å². The molecule has 0 spiro atoms. The lowest BCUT2D eigenvalue weighted by Gasteiger charge is -2.06. The van der Waals surface area contributed by atoms with Gasteiger partial charge in [-0.2, -0.15) is 0 Å². The van der Waals surface area contributed by atoms with E-state index in [1.54, 1.807) is 18.0 Å². The van der Waals surface area contributed by atoms with E-state index in [-0.39, 0.29) is 0 Å². The van der Waals surface area contributed by atoms with Crippen LogP contribution in [-0.4, -0.2) is 23.0 Å². The molecule has 1 rings (SSSR count). The minimum atomic E-state index is 0.620. The highest BCUT2D eigenvalue weighted by molar-refractivity contribution is 9.10. The average Bonchev–Trinajstić information content (AvgIpc) is 2.20. The fourth-order valence-corrected chi connectivity index (χ4v) is 2.20. The van der Waals surface area contributed by atoms with Gasteiger partial charge in [0.15, 0.2) is 0 Å². The van der Waals surface area contributed by atoms with Crippen molar-refractivity contribution in [3.63, 3.8) is 0 Å². The van der Waals surface area contributed by atoms with Gasteiger partial charge in [-0.3, -0.25) is 0 Å². The summed E-state index contributed by atoms with van der Waals surface area (Å²) < 4.78 is 0.872. The summed E-state index contributed by atoms with van der Waals surface area (Å²) in [5, 5.41) is 3.81. The van der Waals surface area contributed by atoms with Crippen molar-refractivity contribution in [2.75, 3.05) is 23.4 Å². The SMILES string of the molecule is C#CCSCCNc1ncc(Cl)cc1Br. The third-order valence-electron chi connectivity index (χ3n) is 1.53. The Morgan fingerprint density at radius 2 is 2.47 bits per heavy atom. The smallest absolute Gasteiger partial charge is 0.140 e. The number of thioether (sulfide) groups is 1. The number of terminal acetylenes is 1. The molecule has 2 nitrogen and oxygen atoms in total. The van der Waals surface area contributed by atoms with Gasteiger partial charge in [0, 0.05) is 18.5 Å². The summed E-state index contributed by atoms with van der Waals surface area (Å²) in [5.41, 5.74) is 0. The Hall–Kier alpha value is -0.370. The Morgan fingerprint density at radius 1 is 1.67 bits per heavy atom. The molecule has 0 aliphatic heterocycles. The second-order valence-corrected chi connectivity index (χ2v) is 5.06. The van der Waals surface area contributed by atoms with Crippen molar-refractivity contribution < 1.29 is 0 Å². The van der Waals surface area contributed by atoms with E-state index in [9.17, 15) is 0 Å². The number of aromatic nitrogens is 1. The van der Waals surface area contributed by atoms with Gasteiger partial charge in [-0.1, -0.05) is 17.5 Å². The first-order chi connectivity index (χ1) is 7.24. The molecule has 1 heterocycles. The molecule has 0 saturated heterocycles. The molecular weight excluding hydrogens is 296 g/mol. The predicted octanol–water partition coefficient (Wildman–Crippen LogP) is 3.28. The first-order valence-corrected chi connectivity index (χ1v) is 6.62. The van der Waals surface area contributed by atoms with E-state index in [1.165, 1.54) is 0 Å². The number of anilines is 1. The van der Waals surface area contributed by atoms with Crippen LogP contribution in [0.4, 0.5) is 5.82 Å². The van der Waals surface area contributed by atoms with Crippen molar-refractivity contribution in [3.05, 3.63) is 21.8 Å². The summed E-state index contributed by atoms with van der Waals surface area (Å²) in [5.74, 6) is 5.09. The zero-order valence-corrected chi connectivity index (χ0v) is 11.1. The largest absolute Gasteiger partial charge is 0.368 e. The zero-order chi connectivity index (χ0) is 11.1. The molecule has 15 heavy (non-hydrogen) atoms. The van der Waals surface area contributed by atoms with E-state index >= 15 is 0 Å². The van der Waals surface area contributed by atoms with E-state index in [2.05, 4.69) is 32.2 Å². The molecule has 0 bridgehead atoms. The fourth-order valence-electron chi connectivity index (χ4n) is 0.917. The third-order valence-corrected chi connectivity index (χ3v) is 3.21. The van der Waals surface area contributed by atoms with Gasteiger partial charge in [0.05, 0.1) is 15.2 Å². The molecule has 0 amide bonds. The maximum Gasteiger partial charge on any atom is 0.140 e. The van der Waals surface area contributed by atoms with Gasteiger partial charge < -0.3 is 5.32 Å². The molecule has 0 radical (unpaired) electrons. The van der Waals surface area contributed by atoms with Crippen molar-refractivity contribution >= 4 is 45.1 Å². The highest BCUT2D eigenvalue weighted by atomic mass is 79.9. The standard InChI is InChI=1S/C10H10BrClN2S/c1-2-4-15-5-3-13-10-9(11)6-8(12)7-14-10/h1,6-7H,3-5H2,(H,13,14). The topological polar surface area (TPSA) is 24.9 Å². The van der Waals surface area contributed by atoms with Crippen molar-refractivity contribution in [3.8, 4) is 12.3 Å². The number of nitrogens with zero attached hydrogens (tertiary/aromatic N) is 1. The van der Waals surface area contributed by atoms with Gasteiger partial charge in [0.1, 0.15) is 5.82 Å². The molecule has 0 aromatic carbocycles. The summed E-state index contributed by atoms with van der Waals surface area (Å²) in [6.07, 6.45) is 6.75. The lowest BCUT2D eigenvalue weighted by molar-refractivity contribution is 1.16. The van der Waals surface area contributed by atoms with E-state index in [4.69, 9.17) is 18.0 Å². The molecule has 1 N–H and O–H groups in total. The Labute approximate surface area is 107 Å². The van der Waals surface area contributed by atoms with Crippen LogP contribution in [0, 0.1) is 12.3 Å². The van der Waals surface area contributed by atoms with Crippen LogP contribution in [0.5, 0.6) is 0 Å². The number of pyridine rings is 1. The molecule has 1 aromatic rings. The predicted molar refractivity (Wildman–Crippen MR) is 71.6 cm³/mol. The Bertz CT molecular complexity index is 365. The van der Waals surface area contributed by atoms with Gasteiger partial charge in [0.25, 0.3) is 0 Å². The quantitative estimate of drug-likeness (QED) is 0.667. The average molecular weight is 306 g/mol. The van der Waals surface area contributed by atoms with Crippen molar-refractivity contribution in [1.82, 2.24) is 4.98 Å². The van der Waals surface area contributed by atoms with Crippen molar-refractivity contribution in [1.29, 1.82) is 0 Å². The first-order valence-electron chi connectivity index (χ1n) is 4.30. The maximum absolute atomic E-state index is 5.77. The van der Waals surface area contributed by atoms with Crippen molar-refractivity contribution in [2.45, 2.75) is 0 Å². The highest BCUT2D eigenvalue weighted by Crippen LogP contribution is 2.22. The number of hydrogen-bond acceptors (Lipinski definition) is 3. The Morgan fingerprint density at radius 3 is 3.13 bits per heavy atom. The molecule has 5 heteroatoms. The fraction of sp³-hybridized carbons (Fsp3) is 0.300. The molecule has 0 unspecified atom stereocenters. The molecule has 0 aliphatic rings. The summed E-state index contributed by atoms with van der Waals surface area (Å²) in [4.78, 5) is 4.16. The van der Waals surface area contributed by atoms with Crippen LogP contribution in [0.25, 0.3) is 0 Å². The first kappa shape index (κ1) is 12.7. The summed E-state index contributed by atoms with van der Waals surface area (Å²) >= 11 is 10.9. The molecular formula is C10H10BrClN2S. The van der Waals surface area contributed by atoms with Crippen LogP contribution >= 0.6 is 39.3 Å². The van der Waals surface area contributed by atoms with E-state index in [0.29, 0.717) is 5.02 Å². The molecule has 80 valence electrons. The van der Waals surface area contributed by atoms with Gasteiger partial charge in [-0.05, 0) is 22.0 Å². The Balaban J connectivity index is 2.35. The maximum atomic E-state index is 5.77. The molecule has 0 atom stereocenters. The molecule has 0 fully saturated rings. The van der Waals surface area contributed by atoms with E-state index in [0.717, 1.165) is 28.3 Å². The molecule has 1 aromatic heterocycles. The second-order valence-electron chi connectivity index (χ2n) is 2.67. The normalized spacial score (nSPS) is 9.67. The number of hydrogen-bond donors (Lipinski definition) is 1. The minimum absolute atomic E-state index is 0.620. The van der Waals surface area contributed by atoms with Crippen LogP contribution in [-0.2, 0) is 0 Å². The van der Waals surface area contributed by atoms with Crippen LogP contribution in [0.2, 0.25) is 5.02 Å². The summed E-state index contributed by atoms with van der Waals surface area (Å²) in [6.45, 7) is 0.833. The van der Waals surface area contributed by atoms with Crippen LogP contribution in [0.15, 0.2) is 16.7 Å². The minimum Gasteiger partial charge on any atom is -0.368 e.